The van der Waals surface area contributed by atoms with E-state index in [1.165, 1.54) is 12.8 Å². The number of likely N-dealkylation sites (tertiary alicyclic amines) is 1. The van der Waals surface area contributed by atoms with Crippen LogP contribution in [-0.2, 0) is 11.3 Å². The lowest BCUT2D eigenvalue weighted by molar-refractivity contribution is 0.00832. The van der Waals surface area contributed by atoms with Crippen molar-refractivity contribution in [3.8, 4) is 0 Å². The van der Waals surface area contributed by atoms with Crippen LogP contribution in [0.15, 0.2) is 22.8 Å². The Morgan fingerprint density at radius 2 is 2.25 bits per heavy atom. The van der Waals surface area contributed by atoms with E-state index in [4.69, 9.17) is 9.15 Å². The Kier molecular flexibility index (Phi) is 4.39. The third kappa shape index (κ3) is 3.63. The van der Waals surface area contributed by atoms with E-state index < -0.39 is 6.10 Å². The van der Waals surface area contributed by atoms with E-state index in [0.717, 1.165) is 25.4 Å². The van der Waals surface area contributed by atoms with Gasteiger partial charge in [-0.1, -0.05) is 0 Å². The van der Waals surface area contributed by atoms with Gasteiger partial charge >= 0.3 is 0 Å². The van der Waals surface area contributed by atoms with Crippen LogP contribution in [-0.4, -0.2) is 42.4 Å². The van der Waals surface area contributed by atoms with Gasteiger partial charge in [-0.2, -0.15) is 0 Å². The topological polar surface area (TPSA) is 45.8 Å². The van der Waals surface area contributed by atoms with Crippen molar-refractivity contribution >= 4 is 0 Å². The summed E-state index contributed by atoms with van der Waals surface area (Å²) in [5, 5.41) is 9.74. The standard InChI is InChI=1S/C12H19NO3/c14-11(8-13-5-1-2-6-13)9-15-10-12-4-3-7-16-12/h3-4,7,11,14H,1-2,5-6,8-10H2/t11-/m1/s1. The van der Waals surface area contributed by atoms with Crippen LogP contribution in [0.5, 0.6) is 0 Å². The summed E-state index contributed by atoms with van der Waals surface area (Å²) in [6.07, 6.45) is 3.73. The van der Waals surface area contributed by atoms with Crippen LogP contribution in [0.1, 0.15) is 18.6 Å². The van der Waals surface area contributed by atoms with Crippen LogP contribution in [0.25, 0.3) is 0 Å². The molecule has 90 valence electrons. The number of hydrogen-bond acceptors (Lipinski definition) is 4. The molecule has 1 aliphatic heterocycles. The number of furan rings is 1. The van der Waals surface area contributed by atoms with E-state index >= 15 is 0 Å². The molecule has 2 rings (SSSR count). The maximum atomic E-state index is 9.74. The molecule has 1 N–H and O–H groups in total. The lowest BCUT2D eigenvalue weighted by atomic mass is 10.3. The van der Waals surface area contributed by atoms with Gasteiger partial charge in [-0.15, -0.1) is 0 Å². The molecule has 0 radical (unpaired) electrons. The smallest absolute Gasteiger partial charge is 0.129 e. The summed E-state index contributed by atoms with van der Waals surface area (Å²) in [6, 6.07) is 3.70. The van der Waals surface area contributed by atoms with Crippen molar-refractivity contribution in [2.45, 2.75) is 25.6 Å². The van der Waals surface area contributed by atoms with E-state index in [1.54, 1.807) is 6.26 Å². The van der Waals surface area contributed by atoms with Crippen molar-refractivity contribution in [2.24, 2.45) is 0 Å². The van der Waals surface area contributed by atoms with Crippen molar-refractivity contribution in [1.82, 2.24) is 4.90 Å². The molecule has 0 saturated carbocycles. The molecule has 2 heterocycles. The van der Waals surface area contributed by atoms with Crippen LogP contribution in [0, 0.1) is 0 Å². The molecule has 1 saturated heterocycles. The number of aliphatic hydroxyl groups is 1. The Bertz CT molecular complexity index is 280. The second kappa shape index (κ2) is 6.03. The van der Waals surface area contributed by atoms with Gasteiger partial charge in [0.15, 0.2) is 0 Å². The van der Waals surface area contributed by atoms with E-state index in [0.29, 0.717) is 13.2 Å². The van der Waals surface area contributed by atoms with Gasteiger partial charge in [0, 0.05) is 6.54 Å². The number of rotatable bonds is 6. The van der Waals surface area contributed by atoms with E-state index in [9.17, 15) is 5.11 Å². The Morgan fingerprint density at radius 1 is 1.44 bits per heavy atom. The average molecular weight is 225 g/mol. The molecule has 1 fully saturated rings. The summed E-state index contributed by atoms with van der Waals surface area (Å²) in [5.41, 5.74) is 0. The number of aliphatic hydroxyl groups excluding tert-OH is 1. The Hall–Kier alpha value is -0.840. The second-order valence-electron chi connectivity index (χ2n) is 4.26. The lowest BCUT2D eigenvalue weighted by Crippen LogP contribution is -2.32. The summed E-state index contributed by atoms with van der Waals surface area (Å²) >= 11 is 0. The molecule has 1 aliphatic rings. The molecule has 0 spiro atoms. The van der Waals surface area contributed by atoms with Gasteiger partial charge in [0.05, 0.1) is 19.0 Å². The van der Waals surface area contributed by atoms with Crippen LogP contribution < -0.4 is 0 Å². The molecule has 0 aliphatic carbocycles. The Morgan fingerprint density at radius 3 is 2.94 bits per heavy atom. The van der Waals surface area contributed by atoms with Gasteiger partial charge in [0.25, 0.3) is 0 Å². The summed E-state index contributed by atoms with van der Waals surface area (Å²) in [7, 11) is 0. The number of hydrogen-bond donors (Lipinski definition) is 1. The molecule has 0 aromatic carbocycles. The first-order valence-corrected chi connectivity index (χ1v) is 5.85. The SMILES string of the molecule is O[C@@H](COCc1ccco1)CN1CCCC1. The van der Waals surface area contributed by atoms with E-state index in [-0.39, 0.29) is 0 Å². The zero-order valence-electron chi connectivity index (χ0n) is 9.47. The van der Waals surface area contributed by atoms with Gasteiger partial charge < -0.3 is 19.2 Å². The van der Waals surface area contributed by atoms with Crippen molar-refractivity contribution in [1.29, 1.82) is 0 Å². The summed E-state index contributed by atoms with van der Waals surface area (Å²) in [6.45, 7) is 3.74. The van der Waals surface area contributed by atoms with E-state index in [1.807, 2.05) is 12.1 Å². The van der Waals surface area contributed by atoms with Gasteiger partial charge in [-0.25, -0.2) is 0 Å². The highest BCUT2D eigenvalue weighted by molar-refractivity contribution is 4.96. The monoisotopic (exact) mass is 225 g/mol. The number of ether oxygens (including phenoxy) is 1. The normalized spacial score (nSPS) is 19.1. The van der Waals surface area contributed by atoms with Crippen molar-refractivity contribution in [3.63, 3.8) is 0 Å². The van der Waals surface area contributed by atoms with Gasteiger partial charge in [0.1, 0.15) is 12.4 Å². The molecule has 1 aromatic rings. The first-order valence-electron chi connectivity index (χ1n) is 5.85. The molecule has 4 nitrogen and oxygen atoms in total. The van der Waals surface area contributed by atoms with Gasteiger partial charge in [-0.05, 0) is 38.1 Å². The quantitative estimate of drug-likeness (QED) is 0.791. The van der Waals surface area contributed by atoms with Crippen molar-refractivity contribution in [3.05, 3.63) is 24.2 Å². The molecule has 4 heteroatoms. The fourth-order valence-corrected chi connectivity index (χ4v) is 2.01. The first kappa shape index (κ1) is 11.6. The van der Waals surface area contributed by atoms with Crippen molar-refractivity contribution < 1.29 is 14.3 Å². The lowest BCUT2D eigenvalue weighted by Gasteiger charge is -2.18. The molecular formula is C12H19NO3. The maximum Gasteiger partial charge on any atom is 0.129 e. The Labute approximate surface area is 95.8 Å². The number of nitrogens with zero attached hydrogens (tertiary/aromatic N) is 1. The van der Waals surface area contributed by atoms with Crippen LogP contribution in [0.2, 0.25) is 0 Å². The molecule has 0 bridgehead atoms. The molecule has 1 atom stereocenters. The summed E-state index contributed by atoms with van der Waals surface area (Å²) in [5.74, 6) is 0.799. The van der Waals surface area contributed by atoms with Crippen LogP contribution in [0.3, 0.4) is 0 Å². The van der Waals surface area contributed by atoms with Crippen LogP contribution in [0.4, 0.5) is 0 Å². The third-order valence-corrected chi connectivity index (χ3v) is 2.80. The molecule has 1 aromatic heterocycles. The molecular weight excluding hydrogens is 206 g/mol. The minimum Gasteiger partial charge on any atom is -0.467 e. The van der Waals surface area contributed by atoms with Crippen molar-refractivity contribution in [2.75, 3.05) is 26.2 Å². The highest BCUT2D eigenvalue weighted by Crippen LogP contribution is 2.08. The fourth-order valence-electron chi connectivity index (χ4n) is 2.01. The molecule has 16 heavy (non-hydrogen) atoms. The predicted octanol–water partition coefficient (Wildman–Crippen LogP) is 1.25. The van der Waals surface area contributed by atoms with Gasteiger partial charge in [-0.3, -0.25) is 0 Å². The zero-order chi connectivity index (χ0) is 11.2. The highest BCUT2D eigenvalue weighted by Gasteiger charge is 2.15. The van der Waals surface area contributed by atoms with Gasteiger partial charge in [0.2, 0.25) is 0 Å². The Balaban J connectivity index is 1.58. The predicted molar refractivity (Wildman–Crippen MR) is 60.0 cm³/mol. The zero-order valence-corrected chi connectivity index (χ0v) is 9.47. The minimum absolute atomic E-state index is 0.372. The molecule has 0 amide bonds. The molecule has 0 unspecified atom stereocenters. The second-order valence-corrected chi connectivity index (χ2v) is 4.26. The maximum absolute atomic E-state index is 9.74. The van der Waals surface area contributed by atoms with E-state index in [2.05, 4.69) is 4.90 Å². The summed E-state index contributed by atoms with van der Waals surface area (Å²) < 4.78 is 10.5. The summed E-state index contributed by atoms with van der Waals surface area (Å²) in [4.78, 5) is 2.28. The average Bonchev–Trinajstić information content (AvgIpc) is 2.90. The van der Waals surface area contributed by atoms with Crippen LogP contribution >= 0.6 is 0 Å². The number of β-amino-alcohol motifs (C(OH)–C–C–N with tert-alkyl or cyclic N) is 1. The third-order valence-electron chi connectivity index (χ3n) is 2.80. The fraction of sp³-hybridized carbons (Fsp3) is 0.667. The highest BCUT2D eigenvalue weighted by atomic mass is 16.5. The minimum atomic E-state index is -0.395. The first-order chi connectivity index (χ1) is 7.84. The largest absolute Gasteiger partial charge is 0.467 e.